The molecule has 0 aliphatic carbocycles. The summed E-state index contributed by atoms with van der Waals surface area (Å²) < 4.78 is 37.0. The van der Waals surface area contributed by atoms with Crippen LogP contribution in [-0.4, -0.2) is 27.4 Å². The van der Waals surface area contributed by atoms with E-state index in [1.165, 1.54) is 0 Å². The molecule has 1 N–H and O–H groups in total. The summed E-state index contributed by atoms with van der Waals surface area (Å²) in [5, 5.41) is 2.44. The molecule has 84 valence electrons. The summed E-state index contributed by atoms with van der Waals surface area (Å²) in [5.41, 5.74) is 0. The van der Waals surface area contributed by atoms with E-state index in [0.717, 1.165) is 0 Å². The fourth-order valence-corrected chi connectivity index (χ4v) is 2.49. The third kappa shape index (κ3) is 3.07. The summed E-state index contributed by atoms with van der Waals surface area (Å²) in [5.74, 6) is 0. The first-order valence-corrected chi connectivity index (χ1v) is 8.12. The van der Waals surface area contributed by atoms with Gasteiger partial charge < -0.3 is 9.74 Å². The minimum absolute atomic E-state index is 0.0529. The second-order valence-electron chi connectivity index (χ2n) is 5.39. The van der Waals surface area contributed by atoms with Crippen molar-refractivity contribution < 1.29 is 9.91 Å². The molecule has 1 aliphatic rings. The topological polar surface area (TPSA) is 21.3 Å². The minimum Gasteiger partial charge on any atom is -0.414 e. The van der Waals surface area contributed by atoms with E-state index in [1.54, 1.807) is 0 Å². The molecule has 0 spiro atoms. The zero-order chi connectivity index (χ0) is 14.4. The van der Waals surface area contributed by atoms with Gasteiger partial charge in [0.15, 0.2) is 8.32 Å². The second-order valence-corrected chi connectivity index (χ2v) is 10.1. The van der Waals surface area contributed by atoms with Crippen LogP contribution in [-0.2, 0) is 4.43 Å². The van der Waals surface area contributed by atoms with Gasteiger partial charge in [0.2, 0.25) is 0 Å². The molecule has 0 bridgehead atoms. The molecule has 0 unspecified atom stereocenters. The zero-order valence-electron chi connectivity index (χ0n) is 13.9. The van der Waals surface area contributed by atoms with Crippen molar-refractivity contribution in [3.8, 4) is 0 Å². The third-order valence-corrected chi connectivity index (χ3v) is 7.64. The van der Waals surface area contributed by atoms with Gasteiger partial charge in [0.1, 0.15) is 0 Å². The van der Waals surface area contributed by atoms with E-state index >= 15 is 0 Å². The maximum atomic E-state index is 7.73. The average molecular weight is 219 g/mol. The Balaban J connectivity index is 2.79. The van der Waals surface area contributed by atoms with Gasteiger partial charge in [0.05, 0.1) is 0 Å². The van der Waals surface area contributed by atoms with Crippen molar-refractivity contribution >= 4 is 8.32 Å². The lowest BCUT2D eigenvalue weighted by Gasteiger charge is -2.40. The average Bonchev–Trinajstić information content (AvgIpc) is 1.92. The molecule has 0 aromatic carbocycles. The first-order valence-electron chi connectivity index (χ1n) is 7.21. The monoisotopic (exact) mass is 219 g/mol. The lowest BCUT2D eigenvalue weighted by atomic mass is 10.1. The van der Waals surface area contributed by atoms with Crippen LogP contribution in [0.2, 0.25) is 18.1 Å². The van der Waals surface area contributed by atoms with E-state index < -0.39 is 21.3 Å². The van der Waals surface area contributed by atoms with Gasteiger partial charge in [-0.25, -0.2) is 0 Å². The van der Waals surface area contributed by atoms with Crippen molar-refractivity contribution in [1.82, 2.24) is 5.32 Å². The van der Waals surface area contributed by atoms with Gasteiger partial charge in [0, 0.05) is 11.6 Å². The summed E-state index contributed by atoms with van der Waals surface area (Å²) in [4.78, 5) is 0. The highest BCUT2D eigenvalue weighted by Crippen LogP contribution is 2.38. The van der Waals surface area contributed by atoms with Gasteiger partial charge in [-0.3, -0.25) is 0 Å². The Bertz CT molecular complexity index is 299. The largest absolute Gasteiger partial charge is 0.414 e. The fourth-order valence-electron chi connectivity index (χ4n) is 1.14. The molecule has 0 atom stereocenters. The molecule has 14 heavy (non-hydrogen) atoms. The van der Waals surface area contributed by atoms with Gasteiger partial charge in [0.25, 0.3) is 0 Å². The molecule has 1 rings (SSSR count). The zero-order valence-corrected chi connectivity index (χ0v) is 10.9. The van der Waals surface area contributed by atoms with Gasteiger partial charge in [-0.2, -0.15) is 0 Å². The quantitative estimate of drug-likeness (QED) is 0.721. The summed E-state index contributed by atoms with van der Waals surface area (Å²) in [6.45, 7) is 7.21. The molecule has 0 aromatic heterocycles. The SMILES string of the molecule is [2H]C1([2H])CC(O[Si](C)(C)C(C)(C)C)CC([2H])([2H])N1. The molecule has 0 aromatic rings. The first-order chi connectivity index (χ1) is 7.74. The van der Waals surface area contributed by atoms with Gasteiger partial charge in [-0.15, -0.1) is 0 Å². The van der Waals surface area contributed by atoms with E-state index in [4.69, 9.17) is 9.91 Å². The van der Waals surface area contributed by atoms with Crippen LogP contribution in [0.3, 0.4) is 0 Å². The molecule has 1 heterocycles. The normalized spacial score (nSPS) is 32.6. The molecular formula is C11H25NOSi. The molecule has 0 radical (unpaired) electrons. The summed E-state index contributed by atoms with van der Waals surface area (Å²) >= 11 is 0. The smallest absolute Gasteiger partial charge is 0.192 e. The van der Waals surface area contributed by atoms with Crippen molar-refractivity contribution in [3.05, 3.63) is 0 Å². The first kappa shape index (κ1) is 7.42. The lowest BCUT2D eigenvalue weighted by Crippen LogP contribution is -2.46. The second kappa shape index (κ2) is 4.33. The van der Waals surface area contributed by atoms with Crippen LogP contribution in [0.1, 0.15) is 39.1 Å². The van der Waals surface area contributed by atoms with Crippen LogP contribution in [0.25, 0.3) is 0 Å². The Hall–Kier alpha value is 0.137. The van der Waals surface area contributed by atoms with Crippen LogP contribution < -0.4 is 5.32 Å². The van der Waals surface area contributed by atoms with E-state index in [2.05, 4.69) is 39.2 Å². The van der Waals surface area contributed by atoms with Crippen molar-refractivity contribution in [2.45, 2.75) is 57.8 Å². The predicted molar refractivity (Wildman–Crippen MR) is 64.2 cm³/mol. The summed E-state index contributed by atoms with van der Waals surface area (Å²) in [7, 11) is -1.98. The lowest BCUT2D eigenvalue weighted by molar-refractivity contribution is 0.145. The Morgan fingerprint density at radius 2 is 1.79 bits per heavy atom. The molecule has 0 amide bonds. The maximum absolute atomic E-state index is 7.73. The highest BCUT2D eigenvalue weighted by molar-refractivity contribution is 6.74. The van der Waals surface area contributed by atoms with Crippen molar-refractivity contribution in [1.29, 1.82) is 0 Å². The molecule has 2 nitrogen and oxygen atoms in total. The summed E-state index contributed by atoms with van der Waals surface area (Å²) in [6, 6.07) is 0. The van der Waals surface area contributed by atoms with Crippen molar-refractivity contribution in [3.63, 3.8) is 0 Å². The number of piperidine rings is 1. The minimum atomic E-state index is -1.98. The highest BCUT2D eigenvalue weighted by Gasteiger charge is 2.39. The number of hydrogen-bond donors (Lipinski definition) is 1. The molecule has 3 heteroatoms. The Kier molecular flexibility index (Phi) is 2.29. The van der Waals surface area contributed by atoms with Crippen LogP contribution in [0.5, 0.6) is 0 Å². The van der Waals surface area contributed by atoms with E-state index in [1.807, 2.05) is 0 Å². The number of nitrogens with one attached hydrogen (secondary N) is 1. The summed E-state index contributed by atoms with van der Waals surface area (Å²) in [6.07, 6.45) is 0.0649. The molecule has 1 fully saturated rings. The Labute approximate surface area is 95.2 Å². The number of rotatable bonds is 2. The van der Waals surface area contributed by atoms with Crippen molar-refractivity contribution in [2.24, 2.45) is 0 Å². The predicted octanol–water partition coefficient (Wildman–Crippen LogP) is 2.76. The van der Waals surface area contributed by atoms with Crippen LogP contribution in [0.15, 0.2) is 0 Å². The van der Waals surface area contributed by atoms with Gasteiger partial charge in [-0.05, 0) is 44.0 Å². The number of hydrogen-bond acceptors (Lipinski definition) is 2. The Morgan fingerprint density at radius 3 is 2.21 bits per heavy atom. The highest BCUT2D eigenvalue weighted by atomic mass is 28.4. The molecule has 0 saturated carbocycles. The molecule has 1 aliphatic heterocycles. The van der Waals surface area contributed by atoms with Crippen LogP contribution in [0.4, 0.5) is 0 Å². The fraction of sp³-hybridized carbons (Fsp3) is 1.00. The van der Waals surface area contributed by atoms with Crippen LogP contribution >= 0.6 is 0 Å². The van der Waals surface area contributed by atoms with Gasteiger partial charge in [-0.1, -0.05) is 20.8 Å². The van der Waals surface area contributed by atoms with Crippen molar-refractivity contribution in [2.75, 3.05) is 13.0 Å². The molecular weight excluding hydrogens is 190 g/mol. The van der Waals surface area contributed by atoms with Crippen LogP contribution in [0, 0.1) is 0 Å². The standard InChI is InChI=1S/C11H25NOSi/c1-11(2,3)14(4,5)13-10-6-8-12-9-7-10/h10,12H,6-9H2,1-5H3/i8D2,9D2. The van der Waals surface area contributed by atoms with E-state index in [0.29, 0.717) is 0 Å². The third-order valence-electron chi connectivity index (χ3n) is 3.10. The van der Waals surface area contributed by atoms with E-state index in [-0.39, 0.29) is 24.0 Å². The van der Waals surface area contributed by atoms with E-state index in [9.17, 15) is 0 Å². The maximum Gasteiger partial charge on any atom is 0.192 e. The Morgan fingerprint density at radius 1 is 1.29 bits per heavy atom. The van der Waals surface area contributed by atoms with Gasteiger partial charge >= 0.3 is 0 Å². The molecule has 1 saturated heterocycles.